The molecule has 0 spiro atoms. The molecule has 0 aliphatic heterocycles. The molecule has 0 aliphatic carbocycles. The summed E-state index contributed by atoms with van der Waals surface area (Å²) in [6, 6.07) is 2.14. The molecule has 0 fully saturated rings. The van der Waals surface area contributed by atoms with Crippen LogP contribution < -0.4 is 5.32 Å². The summed E-state index contributed by atoms with van der Waals surface area (Å²) in [7, 11) is 0. The summed E-state index contributed by atoms with van der Waals surface area (Å²) in [6.07, 6.45) is 1.51. The van der Waals surface area contributed by atoms with Crippen molar-refractivity contribution < 1.29 is 13.9 Å². The van der Waals surface area contributed by atoms with E-state index in [9.17, 15) is 8.78 Å². The fourth-order valence-corrected chi connectivity index (χ4v) is 1.57. The van der Waals surface area contributed by atoms with Gasteiger partial charge in [-0.05, 0) is 17.7 Å². The van der Waals surface area contributed by atoms with Crippen molar-refractivity contribution in [2.24, 2.45) is 0 Å². The van der Waals surface area contributed by atoms with Crippen molar-refractivity contribution in [1.29, 1.82) is 0 Å². The van der Waals surface area contributed by atoms with E-state index in [2.05, 4.69) is 14.9 Å². The molecule has 0 unspecified atom stereocenters. The molecule has 0 aliphatic rings. The number of nitrogens with one attached hydrogen (secondary N) is 1. The first-order valence-corrected chi connectivity index (χ1v) is 5.12. The highest BCUT2D eigenvalue weighted by Crippen LogP contribution is 2.22. The van der Waals surface area contributed by atoms with Crippen LogP contribution in [-0.2, 0) is 6.54 Å². The molecule has 2 aromatic rings. The van der Waals surface area contributed by atoms with Gasteiger partial charge in [0.15, 0.2) is 17.4 Å². The van der Waals surface area contributed by atoms with E-state index in [-0.39, 0.29) is 6.54 Å². The number of halogens is 2. The van der Waals surface area contributed by atoms with Gasteiger partial charge in [-0.1, -0.05) is 4.49 Å². The Labute approximate surface area is 93.7 Å². The summed E-state index contributed by atoms with van der Waals surface area (Å²) in [4.78, 5) is 0. The number of aromatic nitrogens is 2. The molecule has 0 saturated carbocycles. The van der Waals surface area contributed by atoms with E-state index in [0.29, 0.717) is 10.6 Å². The Kier molecular flexibility index (Phi) is 2.95. The van der Waals surface area contributed by atoms with Crippen LogP contribution in [0.4, 0.5) is 13.8 Å². The number of anilines is 1. The summed E-state index contributed by atoms with van der Waals surface area (Å²) in [5.41, 5.74) is 0.390. The molecule has 2 N–H and O–H groups in total. The quantitative estimate of drug-likeness (QED) is 0.867. The molecule has 2 rings (SSSR count). The van der Waals surface area contributed by atoms with Gasteiger partial charge in [0, 0.05) is 18.1 Å². The molecule has 0 amide bonds. The number of phenols is 1. The minimum Gasteiger partial charge on any atom is -0.503 e. The van der Waals surface area contributed by atoms with Crippen molar-refractivity contribution in [2.75, 3.05) is 5.32 Å². The van der Waals surface area contributed by atoms with E-state index in [1.165, 1.54) is 6.20 Å². The molecule has 1 aromatic heterocycles. The number of hydrogen-bond acceptors (Lipinski definition) is 5. The van der Waals surface area contributed by atoms with Crippen molar-refractivity contribution in [1.82, 2.24) is 9.59 Å². The number of phenolic OH excluding ortho intramolecular Hbond substituents is 1. The summed E-state index contributed by atoms with van der Waals surface area (Å²) < 4.78 is 29.6. The average molecular weight is 243 g/mol. The van der Waals surface area contributed by atoms with Gasteiger partial charge in [0.25, 0.3) is 0 Å². The fraction of sp³-hybridized carbons (Fsp3) is 0.111. The topological polar surface area (TPSA) is 58.0 Å². The largest absolute Gasteiger partial charge is 0.503 e. The predicted octanol–water partition coefficient (Wildman–Crippen LogP) is 2.13. The van der Waals surface area contributed by atoms with Gasteiger partial charge >= 0.3 is 0 Å². The molecule has 84 valence electrons. The lowest BCUT2D eigenvalue weighted by Crippen LogP contribution is -1.99. The molecule has 0 atom stereocenters. The molecule has 16 heavy (non-hydrogen) atoms. The van der Waals surface area contributed by atoms with E-state index in [1.807, 2.05) is 0 Å². The Balaban J connectivity index is 2.10. The second-order valence-electron chi connectivity index (χ2n) is 3.04. The first-order valence-electron chi connectivity index (χ1n) is 4.35. The normalized spacial score (nSPS) is 10.4. The van der Waals surface area contributed by atoms with Crippen molar-refractivity contribution in [3.63, 3.8) is 0 Å². The smallest absolute Gasteiger partial charge is 0.187 e. The minimum absolute atomic E-state index is 0.234. The number of nitrogens with zero attached hydrogens (tertiary/aromatic N) is 2. The maximum absolute atomic E-state index is 13.0. The third kappa shape index (κ3) is 2.25. The van der Waals surface area contributed by atoms with Crippen molar-refractivity contribution >= 4 is 16.5 Å². The molecular weight excluding hydrogens is 236 g/mol. The highest BCUT2D eigenvalue weighted by atomic mass is 32.1. The summed E-state index contributed by atoms with van der Waals surface area (Å²) in [5.74, 6) is -2.90. The van der Waals surface area contributed by atoms with Gasteiger partial charge in [-0.25, -0.2) is 8.78 Å². The number of aromatic hydroxyl groups is 1. The highest BCUT2D eigenvalue weighted by molar-refractivity contribution is 7.09. The Hall–Kier alpha value is -1.76. The van der Waals surface area contributed by atoms with Crippen LogP contribution in [0.15, 0.2) is 18.3 Å². The second-order valence-corrected chi connectivity index (χ2v) is 3.83. The summed E-state index contributed by atoms with van der Waals surface area (Å²) >= 11 is 1.14. The number of hydrogen-bond donors (Lipinski definition) is 2. The average Bonchev–Trinajstić information content (AvgIpc) is 2.75. The molecule has 0 radical (unpaired) electrons. The van der Waals surface area contributed by atoms with Gasteiger partial charge in [-0.15, -0.1) is 5.10 Å². The lowest BCUT2D eigenvalue weighted by atomic mass is 10.2. The molecule has 4 nitrogen and oxygen atoms in total. The zero-order chi connectivity index (χ0) is 11.5. The van der Waals surface area contributed by atoms with E-state index in [1.54, 1.807) is 0 Å². The predicted molar refractivity (Wildman–Crippen MR) is 55.3 cm³/mol. The maximum atomic E-state index is 13.0. The zero-order valence-corrected chi connectivity index (χ0v) is 8.76. The van der Waals surface area contributed by atoms with Crippen LogP contribution in [0.25, 0.3) is 0 Å². The van der Waals surface area contributed by atoms with Crippen LogP contribution in [0.5, 0.6) is 5.75 Å². The summed E-state index contributed by atoms with van der Waals surface area (Å²) in [6.45, 7) is 0.234. The third-order valence-corrected chi connectivity index (χ3v) is 2.53. The Bertz CT molecular complexity index is 466. The molecule has 7 heteroatoms. The van der Waals surface area contributed by atoms with E-state index in [4.69, 9.17) is 5.11 Å². The highest BCUT2D eigenvalue weighted by Gasteiger charge is 2.09. The van der Waals surface area contributed by atoms with Crippen LogP contribution in [0, 0.1) is 11.6 Å². The molecule has 1 heterocycles. The Morgan fingerprint density at radius 2 is 2.00 bits per heavy atom. The van der Waals surface area contributed by atoms with Gasteiger partial charge in [0.2, 0.25) is 0 Å². The molecular formula is C9H7F2N3OS. The van der Waals surface area contributed by atoms with Crippen molar-refractivity contribution in [3.05, 3.63) is 35.5 Å². The lowest BCUT2D eigenvalue weighted by Gasteiger charge is -2.04. The summed E-state index contributed by atoms with van der Waals surface area (Å²) in [5, 5.41) is 16.1. The molecule has 0 bridgehead atoms. The number of benzene rings is 1. The Morgan fingerprint density at radius 1 is 1.31 bits per heavy atom. The van der Waals surface area contributed by atoms with Gasteiger partial charge in [0.05, 0.1) is 6.20 Å². The van der Waals surface area contributed by atoms with E-state index in [0.717, 1.165) is 23.7 Å². The maximum Gasteiger partial charge on any atom is 0.187 e. The first kappa shape index (κ1) is 10.7. The van der Waals surface area contributed by atoms with E-state index >= 15 is 0 Å². The van der Waals surface area contributed by atoms with Crippen LogP contribution in [-0.4, -0.2) is 14.7 Å². The molecule has 1 aromatic carbocycles. The van der Waals surface area contributed by atoms with Crippen molar-refractivity contribution in [3.8, 4) is 5.75 Å². The SMILES string of the molecule is Oc1c(F)cc(CNc2cnns2)cc1F. The number of rotatable bonds is 3. The zero-order valence-electron chi connectivity index (χ0n) is 7.94. The Morgan fingerprint density at radius 3 is 2.56 bits per heavy atom. The van der Waals surface area contributed by atoms with Gasteiger partial charge in [-0.3, -0.25) is 0 Å². The van der Waals surface area contributed by atoms with Crippen LogP contribution in [0.1, 0.15) is 5.56 Å². The third-order valence-electron chi connectivity index (χ3n) is 1.90. The van der Waals surface area contributed by atoms with Crippen LogP contribution >= 0.6 is 11.5 Å². The minimum atomic E-state index is -0.973. The first-order chi connectivity index (χ1) is 7.66. The standard InChI is InChI=1S/C9H7F2N3OS/c10-6-1-5(2-7(11)9(6)15)3-12-8-4-13-14-16-8/h1-2,4,12,15H,3H2. The fourth-order valence-electron chi connectivity index (χ4n) is 1.15. The van der Waals surface area contributed by atoms with Crippen LogP contribution in [0.2, 0.25) is 0 Å². The second kappa shape index (κ2) is 4.40. The lowest BCUT2D eigenvalue weighted by molar-refractivity contribution is 0.395. The van der Waals surface area contributed by atoms with Gasteiger partial charge < -0.3 is 10.4 Å². The molecule has 0 saturated heterocycles. The van der Waals surface area contributed by atoms with E-state index < -0.39 is 17.4 Å². The van der Waals surface area contributed by atoms with Crippen LogP contribution in [0.3, 0.4) is 0 Å². The monoisotopic (exact) mass is 243 g/mol. The van der Waals surface area contributed by atoms with Gasteiger partial charge in [-0.2, -0.15) is 0 Å². The van der Waals surface area contributed by atoms with Gasteiger partial charge in [0.1, 0.15) is 5.00 Å². The van der Waals surface area contributed by atoms with Crippen molar-refractivity contribution in [2.45, 2.75) is 6.54 Å².